The van der Waals surface area contributed by atoms with E-state index >= 15 is 0 Å². The van der Waals surface area contributed by atoms with Crippen LogP contribution in [0.5, 0.6) is 0 Å². The van der Waals surface area contributed by atoms with Gasteiger partial charge in [0.25, 0.3) is 0 Å². The van der Waals surface area contributed by atoms with Crippen molar-refractivity contribution in [3.05, 3.63) is 12.7 Å². The van der Waals surface area contributed by atoms with Crippen LogP contribution in [-0.4, -0.2) is 39.8 Å². The van der Waals surface area contributed by atoms with Crippen LogP contribution in [0.2, 0.25) is 0 Å². The molecule has 0 rings (SSSR count). The molecule has 6 heteroatoms. The van der Waals surface area contributed by atoms with Gasteiger partial charge < -0.3 is 4.74 Å². The predicted octanol–water partition coefficient (Wildman–Crippen LogP) is 0.737. The van der Waals surface area contributed by atoms with Crippen LogP contribution >= 0.6 is 11.6 Å². The third kappa shape index (κ3) is 8.50. The maximum Gasteiger partial charge on any atom is 0.212 e. The number of hydrogen-bond acceptors (Lipinski definition) is 3. The number of sulfonamides is 1. The largest absolute Gasteiger partial charge is 0.380 e. The van der Waals surface area contributed by atoms with Crippen molar-refractivity contribution in [3.63, 3.8) is 0 Å². The monoisotopic (exact) mass is 241 g/mol. The highest BCUT2D eigenvalue weighted by Gasteiger charge is 2.06. The van der Waals surface area contributed by atoms with Crippen molar-refractivity contribution in [1.82, 2.24) is 4.72 Å². The first-order valence-corrected chi connectivity index (χ1v) is 6.53. The van der Waals surface area contributed by atoms with Crippen molar-refractivity contribution in [2.45, 2.75) is 6.42 Å². The summed E-state index contributed by atoms with van der Waals surface area (Å²) in [5.74, 6) is 0.0495. The molecule has 1 N–H and O–H groups in total. The first kappa shape index (κ1) is 13.9. The van der Waals surface area contributed by atoms with Gasteiger partial charge in [-0.2, -0.15) is 0 Å². The number of hydrogen-bond donors (Lipinski definition) is 1. The molecule has 0 aliphatic carbocycles. The number of ether oxygens (including phenoxy) is 1. The quantitative estimate of drug-likeness (QED) is 0.368. The molecule has 0 aliphatic heterocycles. The van der Waals surface area contributed by atoms with E-state index in [9.17, 15) is 8.42 Å². The van der Waals surface area contributed by atoms with Gasteiger partial charge in [-0.25, -0.2) is 13.1 Å². The molecule has 14 heavy (non-hydrogen) atoms. The summed E-state index contributed by atoms with van der Waals surface area (Å²) in [5.41, 5.74) is 0. The summed E-state index contributed by atoms with van der Waals surface area (Å²) in [6.45, 7) is 4.76. The van der Waals surface area contributed by atoms with Gasteiger partial charge in [-0.1, -0.05) is 6.08 Å². The molecule has 0 heterocycles. The summed E-state index contributed by atoms with van der Waals surface area (Å²) in [6.07, 6.45) is 2.52. The van der Waals surface area contributed by atoms with Crippen molar-refractivity contribution in [2.24, 2.45) is 0 Å². The third-order valence-electron chi connectivity index (χ3n) is 1.38. The zero-order valence-corrected chi connectivity index (χ0v) is 9.61. The average Bonchev–Trinajstić information content (AvgIpc) is 2.11. The van der Waals surface area contributed by atoms with Gasteiger partial charge in [0.1, 0.15) is 0 Å². The summed E-state index contributed by atoms with van der Waals surface area (Å²) in [5, 5.41) is 0. The Morgan fingerprint density at radius 2 is 2.14 bits per heavy atom. The van der Waals surface area contributed by atoms with Gasteiger partial charge in [-0.05, 0) is 6.42 Å². The maximum atomic E-state index is 11.1. The van der Waals surface area contributed by atoms with Crippen LogP contribution in [0.15, 0.2) is 12.7 Å². The predicted molar refractivity (Wildman–Crippen MR) is 58.1 cm³/mol. The van der Waals surface area contributed by atoms with E-state index in [1.54, 1.807) is 6.08 Å². The normalized spacial score (nSPS) is 11.5. The van der Waals surface area contributed by atoms with E-state index in [1.165, 1.54) is 0 Å². The highest BCUT2D eigenvalue weighted by Crippen LogP contribution is 1.87. The topological polar surface area (TPSA) is 55.4 Å². The lowest BCUT2D eigenvalue weighted by Gasteiger charge is -2.05. The molecular formula is C8H16ClNO3S. The smallest absolute Gasteiger partial charge is 0.212 e. The van der Waals surface area contributed by atoms with Gasteiger partial charge >= 0.3 is 0 Å². The Morgan fingerprint density at radius 3 is 2.71 bits per heavy atom. The molecule has 0 fully saturated rings. The molecule has 0 amide bonds. The second-order valence-corrected chi connectivity index (χ2v) is 4.90. The second-order valence-electron chi connectivity index (χ2n) is 2.59. The molecule has 0 radical (unpaired) electrons. The summed E-state index contributed by atoms with van der Waals surface area (Å²) in [7, 11) is -3.21. The number of rotatable bonds is 9. The maximum absolute atomic E-state index is 11.1. The fourth-order valence-electron chi connectivity index (χ4n) is 0.712. The van der Waals surface area contributed by atoms with Crippen LogP contribution in [0.1, 0.15) is 6.42 Å². The van der Waals surface area contributed by atoms with Crippen molar-refractivity contribution >= 4 is 21.6 Å². The van der Waals surface area contributed by atoms with Crippen molar-refractivity contribution in [3.8, 4) is 0 Å². The summed E-state index contributed by atoms with van der Waals surface area (Å²) >= 11 is 5.31. The first-order chi connectivity index (χ1) is 6.62. The molecule has 84 valence electrons. The highest BCUT2D eigenvalue weighted by atomic mass is 35.5. The molecular weight excluding hydrogens is 226 g/mol. The highest BCUT2D eigenvalue weighted by molar-refractivity contribution is 7.89. The van der Waals surface area contributed by atoms with E-state index in [0.717, 1.165) is 6.42 Å². The van der Waals surface area contributed by atoms with Crippen LogP contribution in [0.3, 0.4) is 0 Å². The summed E-state index contributed by atoms with van der Waals surface area (Å²) < 4.78 is 29.6. The van der Waals surface area contributed by atoms with Gasteiger partial charge in [-0.15, -0.1) is 18.2 Å². The molecule has 0 atom stereocenters. The number of nitrogens with one attached hydrogen (secondary N) is 1. The van der Waals surface area contributed by atoms with Crippen molar-refractivity contribution < 1.29 is 13.2 Å². The molecule has 0 unspecified atom stereocenters. The molecule has 0 aromatic carbocycles. The lowest BCUT2D eigenvalue weighted by molar-refractivity contribution is 0.144. The molecule has 0 saturated carbocycles. The third-order valence-corrected chi connectivity index (χ3v) is 3.18. The minimum Gasteiger partial charge on any atom is -0.380 e. The van der Waals surface area contributed by atoms with Gasteiger partial charge in [0.2, 0.25) is 10.0 Å². The summed E-state index contributed by atoms with van der Waals surface area (Å²) in [4.78, 5) is 0. The molecule has 0 aromatic rings. The van der Waals surface area contributed by atoms with E-state index in [1.807, 2.05) is 0 Å². The van der Waals surface area contributed by atoms with Crippen LogP contribution in [0.4, 0.5) is 0 Å². The molecule has 0 saturated heterocycles. The van der Waals surface area contributed by atoms with Crippen LogP contribution in [-0.2, 0) is 14.8 Å². The molecule has 0 bridgehead atoms. The average molecular weight is 242 g/mol. The van der Waals surface area contributed by atoms with Gasteiger partial charge in [0.15, 0.2) is 0 Å². The molecule has 4 nitrogen and oxygen atoms in total. The summed E-state index contributed by atoms with van der Waals surface area (Å²) in [6, 6.07) is 0. The zero-order chi connectivity index (χ0) is 10.9. The first-order valence-electron chi connectivity index (χ1n) is 4.34. The lowest BCUT2D eigenvalue weighted by Crippen LogP contribution is -2.30. The Bertz CT molecular complexity index is 241. The SMILES string of the molecule is C=CCCOCCNS(=O)(=O)CCCl. The Labute approximate surface area is 90.3 Å². The van der Waals surface area contributed by atoms with E-state index in [2.05, 4.69) is 11.3 Å². The second kappa shape index (κ2) is 8.23. The Kier molecular flexibility index (Phi) is 8.17. The lowest BCUT2D eigenvalue weighted by atomic mass is 10.5. The Balaban J connectivity index is 3.39. The van der Waals surface area contributed by atoms with Crippen molar-refractivity contribution in [2.75, 3.05) is 31.4 Å². The van der Waals surface area contributed by atoms with Crippen LogP contribution < -0.4 is 4.72 Å². The molecule has 0 aliphatic rings. The van der Waals surface area contributed by atoms with E-state index in [4.69, 9.17) is 16.3 Å². The van der Waals surface area contributed by atoms with Gasteiger partial charge in [-0.3, -0.25) is 0 Å². The fourth-order valence-corrected chi connectivity index (χ4v) is 2.06. The van der Waals surface area contributed by atoms with Crippen LogP contribution in [0, 0.1) is 0 Å². The fraction of sp³-hybridized carbons (Fsp3) is 0.750. The minimum absolute atomic E-state index is 0.0544. The Morgan fingerprint density at radius 1 is 1.43 bits per heavy atom. The van der Waals surface area contributed by atoms with Crippen molar-refractivity contribution in [1.29, 1.82) is 0 Å². The zero-order valence-electron chi connectivity index (χ0n) is 8.04. The minimum atomic E-state index is -3.21. The standard InChI is InChI=1S/C8H16ClNO3S/c1-2-3-6-13-7-5-10-14(11,12)8-4-9/h2,10H,1,3-8H2. The number of alkyl halides is 1. The molecule has 0 spiro atoms. The van der Waals surface area contributed by atoms with E-state index in [0.29, 0.717) is 13.2 Å². The van der Waals surface area contributed by atoms with Crippen LogP contribution in [0.25, 0.3) is 0 Å². The van der Waals surface area contributed by atoms with Gasteiger partial charge in [0.05, 0.1) is 19.0 Å². The number of halogens is 1. The molecule has 0 aromatic heterocycles. The van der Waals surface area contributed by atoms with Gasteiger partial charge in [0, 0.05) is 12.4 Å². The van der Waals surface area contributed by atoms with E-state index < -0.39 is 10.0 Å². The Hall–Kier alpha value is -0.100. The van der Waals surface area contributed by atoms with E-state index in [-0.39, 0.29) is 18.2 Å².